The van der Waals surface area contributed by atoms with Crippen LogP contribution in [0.2, 0.25) is 5.02 Å². The number of hydrogen-bond donors (Lipinski definition) is 0. The molecule has 0 aliphatic rings. The van der Waals surface area contributed by atoms with Gasteiger partial charge in [0.1, 0.15) is 11.2 Å². The van der Waals surface area contributed by atoms with Gasteiger partial charge in [0, 0.05) is 21.4 Å². The largest absolute Gasteiger partial charge is 0.456 e. The van der Waals surface area contributed by atoms with Gasteiger partial charge in [0.05, 0.1) is 0 Å². The van der Waals surface area contributed by atoms with Crippen molar-refractivity contribution >= 4 is 44.3 Å². The molecule has 0 aliphatic heterocycles. The smallest absolute Gasteiger partial charge is 0.136 e. The highest BCUT2D eigenvalue weighted by atomic mass is 35.5. The standard InChI is InChI=1S/C28H17ClO/c29-24-16-17-26-28(23-9-3-4-11-25(23)30-26)27(24)20-14-12-19(13-15-20)22-10-5-7-18-6-1-2-8-21(18)22/h1-17H. The molecule has 1 aromatic heterocycles. The Balaban J connectivity index is 1.55. The Morgan fingerprint density at radius 3 is 2.10 bits per heavy atom. The summed E-state index contributed by atoms with van der Waals surface area (Å²) in [5.74, 6) is 0. The van der Waals surface area contributed by atoms with Gasteiger partial charge in [-0.1, -0.05) is 96.5 Å². The normalized spacial score (nSPS) is 11.5. The van der Waals surface area contributed by atoms with Crippen molar-refractivity contribution in [2.75, 3.05) is 0 Å². The summed E-state index contributed by atoms with van der Waals surface area (Å²) < 4.78 is 6.05. The van der Waals surface area contributed by atoms with Crippen LogP contribution in [-0.4, -0.2) is 0 Å². The van der Waals surface area contributed by atoms with Crippen molar-refractivity contribution in [2.24, 2.45) is 0 Å². The fourth-order valence-electron chi connectivity index (χ4n) is 4.37. The van der Waals surface area contributed by atoms with E-state index < -0.39 is 0 Å². The molecule has 0 radical (unpaired) electrons. The van der Waals surface area contributed by atoms with E-state index in [1.165, 1.54) is 21.9 Å². The first-order valence-corrected chi connectivity index (χ1v) is 10.4. The highest BCUT2D eigenvalue weighted by Gasteiger charge is 2.15. The summed E-state index contributed by atoms with van der Waals surface area (Å²) in [6.07, 6.45) is 0. The number of benzene rings is 5. The lowest BCUT2D eigenvalue weighted by molar-refractivity contribution is 0.669. The van der Waals surface area contributed by atoms with E-state index in [1.807, 2.05) is 30.3 Å². The summed E-state index contributed by atoms with van der Waals surface area (Å²) in [5.41, 5.74) is 6.26. The van der Waals surface area contributed by atoms with Gasteiger partial charge >= 0.3 is 0 Å². The molecule has 0 saturated carbocycles. The van der Waals surface area contributed by atoms with Crippen LogP contribution in [-0.2, 0) is 0 Å². The molecule has 0 unspecified atom stereocenters. The third-order valence-electron chi connectivity index (χ3n) is 5.77. The monoisotopic (exact) mass is 404 g/mol. The molecule has 6 rings (SSSR count). The van der Waals surface area contributed by atoms with Gasteiger partial charge in [0.25, 0.3) is 0 Å². The maximum Gasteiger partial charge on any atom is 0.136 e. The van der Waals surface area contributed by atoms with E-state index in [2.05, 4.69) is 72.8 Å². The van der Waals surface area contributed by atoms with Gasteiger partial charge < -0.3 is 4.42 Å². The molecular weight excluding hydrogens is 388 g/mol. The van der Waals surface area contributed by atoms with Crippen molar-refractivity contribution < 1.29 is 4.42 Å². The van der Waals surface area contributed by atoms with Crippen LogP contribution in [0.25, 0.3) is 55.0 Å². The average molecular weight is 405 g/mol. The molecule has 0 spiro atoms. The molecule has 5 aromatic carbocycles. The predicted octanol–water partition coefficient (Wildman–Crippen LogP) is 8.73. The minimum Gasteiger partial charge on any atom is -0.456 e. The van der Waals surface area contributed by atoms with Crippen molar-refractivity contribution in [2.45, 2.75) is 0 Å². The molecule has 0 aliphatic carbocycles. The first-order valence-electron chi connectivity index (χ1n) is 9.98. The second-order valence-electron chi connectivity index (χ2n) is 7.50. The number of halogens is 1. The molecule has 142 valence electrons. The Morgan fingerprint density at radius 1 is 0.533 bits per heavy atom. The van der Waals surface area contributed by atoms with Crippen molar-refractivity contribution in [3.05, 3.63) is 108 Å². The van der Waals surface area contributed by atoms with Crippen LogP contribution >= 0.6 is 11.6 Å². The van der Waals surface area contributed by atoms with Crippen molar-refractivity contribution in [3.63, 3.8) is 0 Å². The van der Waals surface area contributed by atoms with Crippen LogP contribution < -0.4 is 0 Å². The molecule has 6 aromatic rings. The van der Waals surface area contributed by atoms with Crippen molar-refractivity contribution in [3.8, 4) is 22.3 Å². The molecule has 0 amide bonds. The van der Waals surface area contributed by atoms with Crippen LogP contribution in [0.5, 0.6) is 0 Å². The molecule has 1 heterocycles. The zero-order valence-corrected chi connectivity index (χ0v) is 16.9. The molecule has 0 saturated heterocycles. The fourth-order valence-corrected chi connectivity index (χ4v) is 4.63. The number of hydrogen-bond acceptors (Lipinski definition) is 1. The molecule has 0 atom stereocenters. The van der Waals surface area contributed by atoms with Crippen molar-refractivity contribution in [1.29, 1.82) is 0 Å². The third kappa shape index (κ3) is 2.63. The number of rotatable bonds is 2. The highest BCUT2D eigenvalue weighted by molar-refractivity contribution is 6.36. The second kappa shape index (κ2) is 6.76. The van der Waals surface area contributed by atoms with E-state index in [1.54, 1.807) is 0 Å². The lowest BCUT2D eigenvalue weighted by Gasteiger charge is -2.10. The molecule has 0 fully saturated rings. The van der Waals surface area contributed by atoms with Crippen molar-refractivity contribution in [1.82, 2.24) is 0 Å². The summed E-state index contributed by atoms with van der Waals surface area (Å²) in [5, 5.41) is 5.39. The van der Waals surface area contributed by atoms with Gasteiger partial charge in [-0.05, 0) is 45.7 Å². The Bertz CT molecular complexity index is 1540. The molecular formula is C28H17ClO. The summed E-state index contributed by atoms with van der Waals surface area (Å²) in [7, 11) is 0. The van der Waals surface area contributed by atoms with Crippen LogP contribution in [0.15, 0.2) is 108 Å². The summed E-state index contributed by atoms with van der Waals surface area (Å²) >= 11 is 6.69. The minimum atomic E-state index is 0.729. The number of para-hydroxylation sites is 1. The van der Waals surface area contributed by atoms with Crippen LogP contribution in [0.1, 0.15) is 0 Å². The van der Waals surface area contributed by atoms with Crippen LogP contribution in [0.3, 0.4) is 0 Å². The Morgan fingerprint density at radius 2 is 1.23 bits per heavy atom. The quantitative estimate of drug-likeness (QED) is 0.281. The van der Waals surface area contributed by atoms with Crippen LogP contribution in [0, 0.1) is 0 Å². The molecule has 1 nitrogen and oxygen atoms in total. The van der Waals surface area contributed by atoms with Gasteiger partial charge in [0.15, 0.2) is 0 Å². The van der Waals surface area contributed by atoms with E-state index in [9.17, 15) is 0 Å². The Labute approximate surface area is 179 Å². The van der Waals surface area contributed by atoms with Gasteiger partial charge in [-0.2, -0.15) is 0 Å². The topological polar surface area (TPSA) is 13.1 Å². The summed E-state index contributed by atoms with van der Waals surface area (Å²) in [6, 6.07) is 35.6. The first kappa shape index (κ1) is 17.3. The summed E-state index contributed by atoms with van der Waals surface area (Å²) in [6.45, 7) is 0. The molecule has 30 heavy (non-hydrogen) atoms. The second-order valence-corrected chi connectivity index (χ2v) is 7.91. The highest BCUT2D eigenvalue weighted by Crippen LogP contribution is 2.41. The lowest BCUT2D eigenvalue weighted by Crippen LogP contribution is -1.84. The fraction of sp³-hybridized carbons (Fsp3) is 0. The molecule has 0 N–H and O–H groups in total. The molecule has 0 bridgehead atoms. The van der Waals surface area contributed by atoms with Gasteiger partial charge in [-0.25, -0.2) is 0 Å². The number of fused-ring (bicyclic) bond motifs is 4. The Hall–Kier alpha value is -3.55. The van der Waals surface area contributed by atoms with E-state index in [0.29, 0.717) is 0 Å². The van der Waals surface area contributed by atoms with E-state index in [0.717, 1.165) is 38.1 Å². The first-order chi connectivity index (χ1) is 14.8. The van der Waals surface area contributed by atoms with E-state index in [4.69, 9.17) is 16.0 Å². The third-order valence-corrected chi connectivity index (χ3v) is 6.08. The number of furan rings is 1. The van der Waals surface area contributed by atoms with E-state index >= 15 is 0 Å². The van der Waals surface area contributed by atoms with Gasteiger partial charge in [-0.15, -0.1) is 0 Å². The van der Waals surface area contributed by atoms with Gasteiger partial charge in [-0.3, -0.25) is 0 Å². The summed E-state index contributed by atoms with van der Waals surface area (Å²) in [4.78, 5) is 0. The van der Waals surface area contributed by atoms with Crippen LogP contribution in [0.4, 0.5) is 0 Å². The SMILES string of the molecule is Clc1ccc2oc3ccccc3c2c1-c1ccc(-c2cccc3ccccc23)cc1. The zero-order valence-electron chi connectivity index (χ0n) is 16.1. The predicted molar refractivity (Wildman–Crippen MR) is 127 cm³/mol. The Kier molecular flexibility index (Phi) is 3.90. The lowest BCUT2D eigenvalue weighted by atomic mass is 9.94. The minimum absolute atomic E-state index is 0.729. The van der Waals surface area contributed by atoms with Gasteiger partial charge in [0.2, 0.25) is 0 Å². The average Bonchev–Trinajstić information content (AvgIpc) is 3.18. The van der Waals surface area contributed by atoms with E-state index in [-0.39, 0.29) is 0 Å². The maximum atomic E-state index is 6.69. The maximum absolute atomic E-state index is 6.69. The molecule has 2 heteroatoms. The zero-order chi connectivity index (χ0) is 20.1.